The molecule has 1 saturated heterocycles. The number of ether oxygens (including phenoxy) is 3. The summed E-state index contributed by atoms with van der Waals surface area (Å²) in [5.41, 5.74) is 3.42. The fraction of sp³-hybridized carbons (Fsp3) is 0.435. The van der Waals surface area contributed by atoms with Crippen molar-refractivity contribution >= 4 is 29.9 Å². The van der Waals surface area contributed by atoms with Crippen LogP contribution in [0.15, 0.2) is 47.5 Å². The van der Waals surface area contributed by atoms with E-state index in [1.165, 1.54) is 5.56 Å². The highest BCUT2D eigenvalue weighted by Gasteiger charge is 2.18. The van der Waals surface area contributed by atoms with E-state index in [9.17, 15) is 0 Å². The molecule has 7 heteroatoms. The smallest absolute Gasteiger partial charge is 0.191 e. The second kappa shape index (κ2) is 12.6. The molecule has 164 valence electrons. The molecular formula is C23H32IN3O3. The molecule has 1 fully saturated rings. The first-order chi connectivity index (χ1) is 14.2. The molecule has 0 amide bonds. The van der Waals surface area contributed by atoms with Gasteiger partial charge in [0.1, 0.15) is 17.6 Å². The Kier molecular flexibility index (Phi) is 10.2. The van der Waals surface area contributed by atoms with Crippen LogP contribution in [0.4, 0.5) is 0 Å². The first-order valence-electron chi connectivity index (χ1n) is 10.2. The van der Waals surface area contributed by atoms with Gasteiger partial charge in [0.25, 0.3) is 0 Å². The maximum Gasteiger partial charge on any atom is 0.191 e. The van der Waals surface area contributed by atoms with Gasteiger partial charge in [0.2, 0.25) is 0 Å². The quantitative estimate of drug-likeness (QED) is 0.310. The summed E-state index contributed by atoms with van der Waals surface area (Å²) in [4.78, 5) is 4.33. The Bertz CT molecular complexity index is 823. The van der Waals surface area contributed by atoms with Gasteiger partial charge in [0.05, 0.1) is 19.8 Å². The zero-order chi connectivity index (χ0) is 20.5. The van der Waals surface area contributed by atoms with Gasteiger partial charge in [-0.2, -0.15) is 0 Å². The summed E-state index contributed by atoms with van der Waals surface area (Å²) in [5, 5.41) is 6.73. The van der Waals surface area contributed by atoms with Crippen molar-refractivity contribution in [1.29, 1.82) is 0 Å². The third-order valence-corrected chi connectivity index (χ3v) is 4.74. The van der Waals surface area contributed by atoms with Crippen molar-refractivity contribution < 1.29 is 14.2 Å². The van der Waals surface area contributed by atoms with Gasteiger partial charge in [-0.1, -0.05) is 24.3 Å². The van der Waals surface area contributed by atoms with Crippen LogP contribution in [0.3, 0.4) is 0 Å². The number of hydrogen-bond acceptors (Lipinski definition) is 4. The topological polar surface area (TPSA) is 64.1 Å². The number of rotatable bonds is 8. The molecule has 1 aliphatic heterocycles. The molecule has 30 heavy (non-hydrogen) atoms. The zero-order valence-corrected chi connectivity index (χ0v) is 20.3. The summed E-state index contributed by atoms with van der Waals surface area (Å²) in [6.07, 6.45) is 1.07. The molecule has 2 aromatic rings. The van der Waals surface area contributed by atoms with Crippen LogP contribution in [0.25, 0.3) is 0 Å². The SMILES string of the molecule is CCOc1cccc(CNC(=NC)NCc2ccc(C)cc2OC2CCOC2)c1.I. The van der Waals surface area contributed by atoms with Crippen LogP contribution in [-0.4, -0.2) is 38.9 Å². The monoisotopic (exact) mass is 525 g/mol. The molecule has 6 nitrogen and oxygen atoms in total. The molecule has 0 aromatic heterocycles. The Morgan fingerprint density at radius 3 is 2.73 bits per heavy atom. The van der Waals surface area contributed by atoms with Crippen molar-refractivity contribution in [1.82, 2.24) is 10.6 Å². The molecule has 2 N–H and O–H groups in total. The van der Waals surface area contributed by atoms with Crippen LogP contribution in [0, 0.1) is 6.92 Å². The molecule has 0 bridgehead atoms. The lowest BCUT2D eigenvalue weighted by molar-refractivity contribution is 0.140. The number of halogens is 1. The van der Waals surface area contributed by atoms with Crippen molar-refractivity contribution in [2.45, 2.75) is 39.5 Å². The molecule has 0 spiro atoms. The normalized spacial score (nSPS) is 16.0. The highest BCUT2D eigenvalue weighted by molar-refractivity contribution is 14.0. The first-order valence-corrected chi connectivity index (χ1v) is 10.2. The van der Waals surface area contributed by atoms with Crippen molar-refractivity contribution in [3.8, 4) is 11.5 Å². The minimum absolute atomic E-state index is 0. The highest BCUT2D eigenvalue weighted by Crippen LogP contribution is 2.23. The summed E-state index contributed by atoms with van der Waals surface area (Å²) in [6.45, 7) is 7.44. The van der Waals surface area contributed by atoms with Crippen molar-refractivity contribution in [3.63, 3.8) is 0 Å². The molecule has 1 heterocycles. The van der Waals surface area contributed by atoms with Gasteiger partial charge in [-0.25, -0.2) is 0 Å². The third kappa shape index (κ3) is 7.36. The van der Waals surface area contributed by atoms with E-state index in [4.69, 9.17) is 14.2 Å². The summed E-state index contributed by atoms with van der Waals surface area (Å²) < 4.78 is 17.2. The van der Waals surface area contributed by atoms with E-state index in [0.29, 0.717) is 26.3 Å². The Hall–Kier alpha value is -2.00. The molecule has 1 aliphatic rings. The fourth-order valence-electron chi connectivity index (χ4n) is 3.20. The van der Waals surface area contributed by atoms with Gasteiger partial charge >= 0.3 is 0 Å². The van der Waals surface area contributed by atoms with E-state index in [1.54, 1.807) is 7.05 Å². The van der Waals surface area contributed by atoms with Gasteiger partial charge in [-0.05, 0) is 43.2 Å². The second-order valence-corrected chi connectivity index (χ2v) is 7.07. The highest BCUT2D eigenvalue weighted by atomic mass is 127. The zero-order valence-electron chi connectivity index (χ0n) is 17.9. The lowest BCUT2D eigenvalue weighted by Crippen LogP contribution is -2.36. The Morgan fingerprint density at radius 2 is 2.00 bits per heavy atom. The van der Waals surface area contributed by atoms with E-state index in [2.05, 4.69) is 46.8 Å². The fourth-order valence-corrected chi connectivity index (χ4v) is 3.20. The predicted molar refractivity (Wildman–Crippen MR) is 131 cm³/mol. The van der Waals surface area contributed by atoms with Crippen molar-refractivity contribution in [2.75, 3.05) is 26.9 Å². The van der Waals surface area contributed by atoms with Crippen molar-refractivity contribution in [3.05, 3.63) is 59.2 Å². The number of hydrogen-bond donors (Lipinski definition) is 2. The number of aryl methyl sites for hydroxylation is 1. The molecule has 0 radical (unpaired) electrons. The van der Waals surface area contributed by atoms with E-state index in [1.807, 2.05) is 25.1 Å². The van der Waals surface area contributed by atoms with Gasteiger partial charge in [0, 0.05) is 32.1 Å². The number of guanidine groups is 1. The minimum atomic E-state index is 0. The summed E-state index contributed by atoms with van der Waals surface area (Å²) in [6, 6.07) is 14.4. The number of aliphatic imine (C=N–C) groups is 1. The lowest BCUT2D eigenvalue weighted by atomic mass is 10.1. The molecule has 2 aromatic carbocycles. The first kappa shape index (κ1) is 24.3. The Balaban J connectivity index is 0.00000320. The molecular weight excluding hydrogens is 493 g/mol. The Morgan fingerprint density at radius 1 is 1.17 bits per heavy atom. The molecule has 0 aliphatic carbocycles. The maximum atomic E-state index is 6.18. The van der Waals surface area contributed by atoms with Gasteiger partial charge in [-0.15, -0.1) is 24.0 Å². The largest absolute Gasteiger partial charge is 0.494 e. The molecule has 1 atom stereocenters. The van der Waals surface area contributed by atoms with Crippen LogP contribution in [-0.2, 0) is 17.8 Å². The van der Waals surface area contributed by atoms with E-state index < -0.39 is 0 Å². The van der Waals surface area contributed by atoms with Crippen LogP contribution >= 0.6 is 24.0 Å². The lowest BCUT2D eigenvalue weighted by Gasteiger charge is -2.18. The predicted octanol–water partition coefficient (Wildman–Crippen LogP) is 4.04. The van der Waals surface area contributed by atoms with Gasteiger partial charge in [0.15, 0.2) is 5.96 Å². The van der Waals surface area contributed by atoms with E-state index in [-0.39, 0.29) is 30.1 Å². The van der Waals surface area contributed by atoms with E-state index in [0.717, 1.165) is 41.6 Å². The Labute approximate surface area is 196 Å². The van der Waals surface area contributed by atoms with Crippen molar-refractivity contribution in [2.24, 2.45) is 4.99 Å². The average molecular weight is 525 g/mol. The van der Waals surface area contributed by atoms with Crippen LogP contribution < -0.4 is 20.1 Å². The third-order valence-electron chi connectivity index (χ3n) is 4.74. The standard InChI is InChI=1S/C23H31N3O3.HI/c1-4-28-20-7-5-6-18(13-20)14-25-23(24-3)26-15-19-9-8-17(2)12-22(19)29-21-10-11-27-16-21;/h5-9,12-13,21H,4,10-11,14-16H2,1-3H3,(H2,24,25,26);1H. The van der Waals surface area contributed by atoms with Gasteiger partial charge in [-0.3, -0.25) is 4.99 Å². The molecule has 0 saturated carbocycles. The number of nitrogens with one attached hydrogen (secondary N) is 2. The van der Waals surface area contributed by atoms with Crippen LogP contribution in [0.5, 0.6) is 11.5 Å². The summed E-state index contributed by atoms with van der Waals surface area (Å²) >= 11 is 0. The molecule has 1 unspecified atom stereocenters. The summed E-state index contributed by atoms with van der Waals surface area (Å²) in [7, 11) is 1.77. The number of nitrogens with zero attached hydrogens (tertiary/aromatic N) is 1. The van der Waals surface area contributed by atoms with Crippen LogP contribution in [0.2, 0.25) is 0 Å². The minimum Gasteiger partial charge on any atom is -0.494 e. The average Bonchev–Trinajstić information content (AvgIpc) is 3.23. The maximum absolute atomic E-state index is 6.18. The molecule has 3 rings (SSSR count). The summed E-state index contributed by atoms with van der Waals surface area (Å²) in [5.74, 6) is 2.53. The van der Waals surface area contributed by atoms with Gasteiger partial charge < -0.3 is 24.8 Å². The van der Waals surface area contributed by atoms with E-state index >= 15 is 0 Å². The second-order valence-electron chi connectivity index (χ2n) is 7.07. The number of benzene rings is 2. The van der Waals surface area contributed by atoms with Crippen LogP contribution in [0.1, 0.15) is 30.0 Å².